The maximum absolute atomic E-state index is 12.6. The molecule has 1 fully saturated rings. The van der Waals surface area contributed by atoms with E-state index in [2.05, 4.69) is 9.97 Å². The number of hydrogen-bond donors (Lipinski definition) is 2. The number of carbonyl (C=O) groups is 1. The third-order valence-corrected chi connectivity index (χ3v) is 4.27. The number of nitrogens with zero attached hydrogens (tertiary/aromatic N) is 3. The van der Waals surface area contributed by atoms with Crippen molar-refractivity contribution in [3.05, 3.63) is 27.7 Å². The molecule has 1 saturated carbocycles. The van der Waals surface area contributed by atoms with Gasteiger partial charge in [-0.05, 0) is 25.8 Å². The van der Waals surface area contributed by atoms with E-state index in [0.29, 0.717) is 16.7 Å². The van der Waals surface area contributed by atoms with E-state index in [1.807, 2.05) is 0 Å². The number of fused-ring (bicyclic) bond motifs is 1. The molecule has 0 atom stereocenters. The standard InChI is InChI=1S/C15H18N4O3/c1-8-10-7-11(14(21)22)13(20)19(9-5-3-2-4-6-9)12(10)18-15(16)17-8/h7,9H,2-6H2,1H3,(H,21,22)(H2,16,17,18). The summed E-state index contributed by atoms with van der Waals surface area (Å²) in [6.07, 6.45) is 4.88. The van der Waals surface area contributed by atoms with Crippen LogP contribution in [0.5, 0.6) is 0 Å². The lowest BCUT2D eigenvalue weighted by Gasteiger charge is -2.25. The minimum absolute atomic E-state index is 0.0308. The van der Waals surface area contributed by atoms with Crippen LogP contribution in [0.25, 0.3) is 11.0 Å². The number of nitrogens with two attached hydrogens (primary N) is 1. The van der Waals surface area contributed by atoms with Gasteiger partial charge in [0, 0.05) is 11.4 Å². The Labute approximate surface area is 126 Å². The monoisotopic (exact) mass is 302 g/mol. The molecule has 0 bridgehead atoms. The maximum Gasteiger partial charge on any atom is 0.341 e. The molecule has 2 aromatic rings. The number of pyridine rings is 1. The van der Waals surface area contributed by atoms with Crippen LogP contribution >= 0.6 is 0 Å². The van der Waals surface area contributed by atoms with Crippen LogP contribution < -0.4 is 11.3 Å². The van der Waals surface area contributed by atoms with Crippen molar-refractivity contribution in [1.29, 1.82) is 0 Å². The van der Waals surface area contributed by atoms with Gasteiger partial charge in [-0.25, -0.2) is 9.78 Å². The van der Waals surface area contributed by atoms with Crippen LogP contribution in [0, 0.1) is 6.92 Å². The lowest BCUT2D eigenvalue weighted by atomic mass is 9.94. The Morgan fingerprint density at radius 1 is 1.32 bits per heavy atom. The van der Waals surface area contributed by atoms with Crippen LogP contribution in [0.1, 0.15) is 54.2 Å². The molecule has 0 amide bonds. The molecule has 0 aliphatic heterocycles. The van der Waals surface area contributed by atoms with Gasteiger partial charge in [-0.1, -0.05) is 19.3 Å². The highest BCUT2D eigenvalue weighted by Crippen LogP contribution is 2.30. The van der Waals surface area contributed by atoms with Gasteiger partial charge in [-0.2, -0.15) is 4.98 Å². The minimum Gasteiger partial charge on any atom is -0.477 e. The Bertz CT molecular complexity index is 807. The minimum atomic E-state index is -1.23. The molecule has 1 aliphatic carbocycles. The van der Waals surface area contributed by atoms with E-state index in [-0.39, 0.29) is 17.6 Å². The third kappa shape index (κ3) is 2.32. The summed E-state index contributed by atoms with van der Waals surface area (Å²) in [5.41, 5.74) is 5.98. The first kappa shape index (κ1) is 14.5. The lowest BCUT2D eigenvalue weighted by Crippen LogP contribution is -2.31. The quantitative estimate of drug-likeness (QED) is 0.876. The van der Waals surface area contributed by atoms with Crippen LogP contribution in [-0.4, -0.2) is 25.6 Å². The normalized spacial score (nSPS) is 16.0. The molecule has 3 N–H and O–H groups in total. The Kier molecular flexibility index (Phi) is 3.56. The SMILES string of the molecule is Cc1nc(N)nc2c1cc(C(=O)O)c(=O)n2C1CCCCC1. The van der Waals surface area contributed by atoms with Crippen LogP contribution in [0.3, 0.4) is 0 Å². The number of anilines is 1. The number of aryl methyl sites for hydroxylation is 1. The van der Waals surface area contributed by atoms with Crippen LogP contribution in [0.2, 0.25) is 0 Å². The van der Waals surface area contributed by atoms with Crippen molar-refractivity contribution >= 4 is 23.0 Å². The summed E-state index contributed by atoms with van der Waals surface area (Å²) >= 11 is 0. The molecule has 0 radical (unpaired) electrons. The molecule has 0 spiro atoms. The van der Waals surface area contributed by atoms with Gasteiger partial charge < -0.3 is 10.8 Å². The zero-order valence-corrected chi connectivity index (χ0v) is 12.4. The van der Waals surface area contributed by atoms with Crippen molar-refractivity contribution in [3.8, 4) is 0 Å². The molecule has 2 heterocycles. The van der Waals surface area contributed by atoms with E-state index < -0.39 is 11.5 Å². The van der Waals surface area contributed by atoms with Crippen molar-refractivity contribution in [1.82, 2.24) is 14.5 Å². The van der Waals surface area contributed by atoms with Crippen molar-refractivity contribution in [2.75, 3.05) is 5.73 Å². The highest BCUT2D eigenvalue weighted by atomic mass is 16.4. The van der Waals surface area contributed by atoms with Gasteiger partial charge in [-0.3, -0.25) is 9.36 Å². The molecular formula is C15H18N4O3. The predicted octanol–water partition coefficient (Wildman–Crippen LogP) is 1.89. The van der Waals surface area contributed by atoms with Gasteiger partial charge in [0.1, 0.15) is 11.2 Å². The zero-order chi connectivity index (χ0) is 15.9. The average Bonchev–Trinajstić information content (AvgIpc) is 2.47. The Morgan fingerprint density at radius 3 is 2.64 bits per heavy atom. The molecule has 2 aromatic heterocycles. The summed E-state index contributed by atoms with van der Waals surface area (Å²) in [6.45, 7) is 1.74. The van der Waals surface area contributed by atoms with Gasteiger partial charge in [-0.15, -0.1) is 0 Å². The highest BCUT2D eigenvalue weighted by Gasteiger charge is 2.24. The van der Waals surface area contributed by atoms with Crippen LogP contribution in [-0.2, 0) is 0 Å². The molecule has 0 aromatic carbocycles. The fourth-order valence-corrected chi connectivity index (χ4v) is 3.20. The van der Waals surface area contributed by atoms with Gasteiger partial charge in [0.25, 0.3) is 5.56 Å². The van der Waals surface area contributed by atoms with E-state index in [9.17, 15) is 14.7 Å². The smallest absolute Gasteiger partial charge is 0.341 e. The summed E-state index contributed by atoms with van der Waals surface area (Å²) in [6, 6.07) is 1.32. The molecule has 7 heteroatoms. The number of carboxylic acids is 1. The second kappa shape index (κ2) is 5.40. The van der Waals surface area contributed by atoms with E-state index in [0.717, 1.165) is 32.1 Å². The molecule has 1 aliphatic rings. The summed E-state index contributed by atoms with van der Waals surface area (Å²) < 4.78 is 1.52. The maximum atomic E-state index is 12.6. The second-order valence-corrected chi connectivity index (χ2v) is 5.73. The number of carboxylic acid groups (broad SMARTS) is 1. The van der Waals surface area contributed by atoms with Gasteiger partial charge >= 0.3 is 5.97 Å². The topological polar surface area (TPSA) is 111 Å². The first-order chi connectivity index (χ1) is 10.5. The predicted molar refractivity (Wildman–Crippen MR) is 82.0 cm³/mol. The first-order valence-electron chi connectivity index (χ1n) is 7.41. The van der Waals surface area contributed by atoms with E-state index in [1.165, 1.54) is 10.6 Å². The van der Waals surface area contributed by atoms with E-state index >= 15 is 0 Å². The van der Waals surface area contributed by atoms with Gasteiger partial charge in [0.2, 0.25) is 5.95 Å². The zero-order valence-electron chi connectivity index (χ0n) is 12.4. The van der Waals surface area contributed by atoms with Crippen molar-refractivity contribution in [3.63, 3.8) is 0 Å². The molecular weight excluding hydrogens is 284 g/mol. The lowest BCUT2D eigenvalue weighted by molar-refractivity contribution is 0.0694. The third-order valence-electron chi connectivity index (χ3n) is 4.27. The summed E-state index contributed by atoms with van der Waals surface area (Å²) in [5, 5.41) is 9.88. The van der Waals surface area contributed by atoms with E-state index in [1.54, 1.807) is 6.92 Å². The average molecular weight is 302 g/mol. The molecule has 3 rings (SSSR count). The van der Waals surface area contributed by atoms with Crippen molar-refractivity contribution in [2.24, 2.45) is 0 Å². The molecule has 116 valence electrons. The van der Waals surface area contributed by atoms with Crippen LogP contribution in [0.4, 0.5) is 5.95 Å². The molecule has 7 nitrogen and oxygen atoms in total. The number of aromatic nitrogens is 3. The Hall–Kier alpha value is -2.44. The number of nitrogen functional groups attached to an aromatic ring is 1. The largest absolute Gasteiger partial charge is 0.477 e. The molecule has 22 heavy (non-hydrogen) atoms. The highest BCUT2D eigenvalue weighted by molar-refractivity contribution is 5.92. The fourth-order valence-electron chi connectivity index (χ4n) is 3.20. The number of aromatic carboxylic acids is 1. The van der Waals surface area contributed by atoms with Gasteiger partial charge in [0.15, 0.2) is 0 Å². The molecule has 0 unspecified atom stereocenters. The summed E-state index contributed by atoms with van der Waals surface area (Å²) in [7, 11) is 0. The van der Waals surface area contributed by atoms with Crippen molar-refractivity contribution in [2.45, 2.75) is 45.1 Å². The van der Waals surface area contributed by atoms with Crippen molar-refractivity contribution < 1.29 is 9.90 Å². The summed E-state index contributed by atoms with van der Waals surface area (Å²) in [5.74, 6) is -1.13. The van der Waals surface area contributed by atoms with Crippen LogP contribution in [0.15, 0.2) is 10.9 Å². The Morgan fingerprint density at radius 2 is 2.00 bits per heavy atom. The number of hydrogen-bond acceptors (Lipinski definition) is 5. The Balaban J connectivity index is 2.37. The molecule has 0 saturated heterocycles. The second-order valence-electron chi connectivity index (χ2n) is 5.73. The number of rotatable bonds is 2. The van der Waals surface area contributed by atoms with E-state index in [4.69, 9.17) is 5.73 Å². The van der Waals surface area contributed by atoms with Gasteiger partial charge in [0.05, 0.1) is 5.69 Å². The summed E-state index contributed by atoms with van der Waals surface area (Å²) in [4.78, 5) is 32.3. The first-order valence-corrected chi connectivity index (χ1v) is 7.41. The fraction of sp³-hybridized carbons (Fsp3) is 0.467.